The van der Waals surface area contributed by atoms with E-state index in [-0.39, 0.29) is 24.8 Å². The van der Waals surface area contributed by atoms with Crippen LogP contribution in [-0.4, -0.2) is 35.1 Å². The second kappa shape index (κ2) is 5.67. The van der Waals surface area contributed by atoms with E-state index in [0.29, 0.717) is 5.02 Å². The Morgan fingerprint density at radius 3 is 2.78 bits per heavy atom. The van der Waals surface area contributed by atoms with Crippen molar-refractivity contribution in [3.63, 3.8) is 0 Å². The molecule has 0 heterocycles. The smallest absolute Gasteiger partial charge is 0.257 e. The van der Waals surface area contributed by atoms with Crippen LogP contribution in [0, 0.1) is 5.82 Å². The molecule has 0 radical (unpaired) electrons. The highest BCUT2D eigenvalue weighted by atomic mass is 35.5. The molecular formula is C13H15ClFNO2. The zero-order valence-electron chi connectivity index (χ0n) is 9.90. The average Bonchev–Trinajstić information content (AvgIpc) is 2.28. The molecule has 0 atom stereocenters. The first-order valence-electron chi connectivity index (χ1n) is 6.00. The molecule has 1 aliphatic carbocycles. The highest BCUT2D eigenvalue weighted by Crippen LogP contribution is 2.27. The highest BCUT2D eigenvalue weighted by molar-refractivity contribution is 6.31. The van der Waals surface area contributed by atoms with Crippen molar-refractivity contribution in [3.05, 3.63) is 34.6 Å². The first-order chi connectivity index (χ1) is 8.63. The summed E-state index contributed by atoms with van der Waals surface area (Å²) in [5, 5.41) is 9.34. The molecule has 2 rings (SSSR count). The van der Waals surface area contributed by atoms with Crippen LogP contribution in [0.2, 0.25) is 5.02 Å². The number of nitrogens with zero attached hydrogens (tertiary/aromatic N) is 1. The van der Waals surface area contributed by atoms with Gasteiger partial charge in [0.1, 0.15) is 5.82 Å². The first-order valence-corrected chi connectivity index (χ1v) is 6.38. The number of hydrogen-bond acceptors (Lipinski definition) is 2. The molecule has 0 spiro atoms. The molecule has 98 valence electrons. The van der Waals surface area contributed by atoms with Gasteiger partial charge in [0.05, 0.1) is 12.2 Å². The van der Waals surface area contributed by atoms with Gasteiger partial charge in [0.15, 0.2) is 0 Å². The third kappa shape index (κ3) is 2.65. The van der Waals surface area contributed by atoms with Gasteiger partial charge in [-0.2, -0.15) is 0 Å². The van der Waals surface area contributed by atoms with Crippen LogP contribution in [0.1, 0.15) is 29.6 Å². The van der Waals surface area contributed by atoms with E-state index >= 15 is 0 Å². The van der Waals surface area contributed by atoms with Crippen LogP contribution in [-0.2, 0) is 0 Å². The Morgan fingerprint density at radius 1 is 1.50 bits per heavy atom. The van der Waals surface area contributed by atoms with Crippen LogP contribution >= 0.6 is 11.6 Å². The monoisotopic (exact) mass is 271 g/mol. The van der Waals surface area contributed by atoms with Gasteiger partial charge in [0.2, 0.25) is 0 Å². The van der Waals surface area contributed by atoms with E-state index in [1.165, 1.54) is 23.1 Å². The quantitative estimate of drug-likeness (QED) is 0.914. The van der Waals surface area contributed by atoms with Gasteiger partial charge in [0.25, 0.3) is 5.91 Å². The topological polar surface area (TPSA) is 40.5 Å². The number of aliphatic hydroxyl groups excluding tert-OH is 1. The van der Waals surface area contributed by atoms with Gasteiger partial charge in [-0.1, -0.05) is 11.6 Å². The Morgan fingerprint density at radius 2 is 2.22 bits per heavy atom. The molecule has 0 unspecified atom stereocenters. The van der Waals surface area contributed by atoms with E-state index in [2.05, 4.69) is 0 Å². The van der Waals surface area contributed by atoms with Gasteiger partial charge in [-0.3, -0.25) is 4.79 Å². The summed E-state index contributed by atoms with van der Waals surface area (Å²) in [6.07, 6.45) is 2.89. The maximum atomic E-state index is 13.6. The van der Waals surface area contributed by atoms with Crippen LogP contribution in [0.3, 0.4) is 0 Å². The minimum absolute atomic E-state index is 0.0251. The molecular weight excluding hydrogens is 257 g/mol. The second-order valence-electron chi connectivity index (χ2n) is 4.43. The van der Waals surface area contributed by atoms with Gasteiger partial charge >= 0.3 is 0 Å². The number of carbonyl (C=O) groups excluding carboxylic acids is 1. The molecule has 0 bridgehead atoms. The fourth-order valence-corrected chi connectivity index (χ4v) is 2.24. The molecule has 1 fully saturated rings. The Hall–Kier alpha value is -1.13. The molecule has 1 N–H and O–H groups in total. The van der Waals surface area contributed by atoms with E-state index in [1.54, 1.807) is 0 Å². The molecule has 1 aliphatic rings. The minimum atomic E-state index is -0.577. The van der Waals surface area contributed by atoms with Gasteiger partial charge in [0, 0.05) is 17.6 Å². The molecule has 1 aromatic carbocycles. The number of amides is 1. The Balaban J connectivity index is 2.23. The summed E-state index contributed by atoms with van der Waals surface area (Å²) in [4.78, 5) is 13.8. The number of aliphatic hydroxyl groups is 1. The maximum Gasteiger partial charge on any atom is 0.257 e. The third-order valence-electron chi connectivity index (χ3n) is 3.28. The van der Waals surface area contributed by atoms with Crippen molar-refractivity contribution in [3.8, 4) is 0 Å². The van der Waals surface area contributed by atoms with Gasteiger partial charge in [-0.25, -0.2) is 4.39 Å². The minimum Gasteiger partial charge on any atom is -0.395 e. The second-order valence-corrected chi connectivity index (χ2v) is 4.87. The number of carbonyl (C=O) groups is 1. The van der Waals surface area contributed by atoms with Gasteiger partial charge < -0.3 is 10.0 Å². The molecule has 0 aliphatic heterocycles. The zero-order valence-corrected chi connectivity index (χ0v) is 10.7. The SMILES string of the molecule is O=C(c1cc(Cl)ccc1F)N(CCO)C1CCC1. The van der Waals surface area contributed by atoms with Crippen LogP contribution in [0.25, 0.3) is 0 Å². The predicted octanol–water partition coefficient (Wildman–Crippen LogP) is 2.47. The molecule has 0 saturated heterocycles. The Labute approximate surface area is 110 Å². The summed E-state index contributed by atoms with van der Waals surface area (Å²) in [5.41, 5.74) is -0.0251. The lowest BCUT2D eigenvalue weighted by atomic mass is 9.91. The van der Waals surface area contributed by atoms with E-state index in [9.17, 15) is 9.18 Å². The largest absolute Gasteiger partial charge is 0.395 e. The lowest BCUT2D eigenvalue weighted by Gasteiger charge is -2.37. The van der Waals surface area contributed by atoms with Crippen molar-refractivity contribution in [2.24, 2.45) is 0 Å². The van der Waals surface area contributed by atoms with E-state index in [1.807, 2.05) is 0 Å². The van der Waals surface area contributed by atoms with E-state index in [0.717, 1.165) is 19.3 Å². The third-order valence-corrected chi connectivity index (χ3v) is 3.51. The molecule has 1 amide bonds. The summed E-state index contributed by atoms with van der Waals surface area (Å²) in [7, 11) is 0. The van der Waals surface area contributed by atoms with Crippen LogP contribution in [0.5, 0.6) is 0 Å². The highest BCUT2D eigenvalue weighted by Gasteiger charge is 2.30. The summed E-state index contributed by atoms with van der Waals surface area (Å²) >= 11 is 5.78. The summed E-state index contributed by atoms with van der Waals surface area (Å²) in [6.45, 7) is 0.111. The maximum absolute atomic E-state index is 13.6. The lowest BCUT2D eigenvalue weighted by molar-refractivity contribution is 0.0521. The van der Waals surface area contributed by atoms with Crippen molar-refractivity contribution in [2.45, 2.75) is 25.3 Å². The summed E-state index contributed by atoms with van der Waals surface area (Å²) in [5.74, 6) is -0.972. The van der Waals surface area contributed by atoms with Crippen molar-refractivity contribution < 1.29 is 14.3 Å². The number of hydrogen-bond donors (Lipinski definition) is 1. The fraction of sp³-hybridized carbons (Fsp3) is 0.462. The normalized spacial score (nSPS) is 15.3. The van der Waals surface area contributed by atoms with Crippen LogP contribution in [0.4, 0.5) is 4.39 Å². The molecule has 1 aromatic rings. The van der Waals surface area contributed by atoms with Crippen molar-refractivity contribution in [1.29, 1.82) is 0 Å². The van der Waals surface area contributed by atoms with Crippen LogP contribution < -0.4 is 0 Å². The molecule has 1 saturated carbocycles. The number of benzene rings is 1. The molecule has 5 heteroatoms. The standard InChI is InChI=1S/C13H15ClFNO2/c14-9-4-5-12(15)11(8-9)13(18)16(6-7-17)10-2-1-3-10/h4-5,8,10,17H,1-3,6-7H2. The van der Waals surface area contributed by atoms with Crippen LogP contribution in [0.15, 0.2) is 18.2 Å². The summed E-state index contributed by atoms with van der Waals surface area (Å²) < 4.78 is 13.6. The zero-order chi connectivity index (χ0) is 13.1. The first kappa shape index (κ1) is 13.3. The van der Waals surface area contributed by atoms with Gasteiger partial charge in [-0.05, 0) is 37.5 Å². The predicted molar refractivity (Wildman–Crippen MR) is 67.2 cm³/mol. The average molecular weight is 272 g/mol. The van der Waals surface area contributed by atoms with Crippen molar-refractivity contribution in [1.82, 2.24) is 4.90 Å². The Kier molecular flexibility index (Phi) is 4.19. The number of halogens is 2. The number of rotatable bonds is 4. The van der Waals surface area contributed by atoms with Crippen molar-refractivity contribution in [2.75, 3.05) is 13.2 Å². The lowest BCUT2D eigenvalue weighted by Crippen LogP contribution is -2.45. The fourth-order valence-electron chi connectivity index (χ4n) is 2.07. The van der Waals surface area contributed by atoms with E-state index < -0.39 is 11.7 Å². The molecule has 18 heavy (non-hydrogen) atoms. The van der Waals surface area contributed by atoms with E-state index in [4.69, 9.17) is 16.7 Å². The molecule has 0 aromatic heterocycles. The van der Waals surface area contributed by atoms with Gasteiger partial charge in [-0.15, -0.1) is 0 Å². The molecule has 3 nitrogen and oxygen atoms in total. The Bertz CT molecular complexity index is 449. The summed E-state index contributed by atoms with van der Waals surface area (Å²) in [6, 6.07) is 4.05. The van der Waals surface area contributed by atoms with Crippen molar-refractivity contribution >= 4 is 17.5 Å².